The average molecular weight is 506 g/mol. The van der Waals surface area contributed by atoms with E-state index in [0.717, 1.165) is 25.7 Å². The molecule has 0 saturated heterocycles. The van der Waals surface area contributed by atoms with E-state index in [-0.39, 0.29) is 57.0 Å². The number of carbonyl (C=O) groups is 2. The van der Waals surface area contributed by atoms with Gasteiger partial charge in [0, 0.05) is 34.0 Å². The molecule has 0 aromatic heterocycles. The van der Waals surface area contributed by atoms with Gasteiger partial charge >= 0.3 is 5.97 Å². The number of hydrogen-bond acceptors (Lipinski definition) is 7. The number of carbonyl (C=O) groups excluding carboxylic acids is 2. The Morgan fingerprint density at radius 2 is 1.97 bits per heavy atom. The molecule has 5 aliphatic rings. The molecule has 0 aromatic rings. The summed E-state index contributed by atoms with van der Waals surface area (Å²) in [5.74, 6) is 0.625. The van der Waals surface area contributed by atoms with Crippen LogP contribution in [0.25, 0.3) is 0 Å². The minimum Gasteiger partial charge on any atom is -0.461 e. The summed E-state index contributed by atoms with van der Waals surface area (Å²) in [5, 5.41) is 22.0. The van der Waals surface area contributed by atoms with Crippen molar-refractivity contribution in [3.63, 3.8) is 0 Å². The zero-order chi connectivity index (χ0) is 25.6. The van der Waals surface area contributed by atoms with Gasteiger partial charge in [-0.05, 0) is 61.7 Å². The van der Waals surface area contributed by atoms with Gasteiger partial charge in [-0.1, -0.05) is 33.8 Å². The van der Waals surface area contributed by atoms with E-state index in [1.807, 2.05) is 13.0 Å². The maximum absolute atomic E-state index is 13.4. The third-order valence-electron chi connectivity index (χ3n) is 11.6. The molecule has 0 radical (unpaired) electrons. The first-order valence-corrected chi connectivity index (χ1v) is 14.5. The lowest BCUT2D eigenvalue weighted by atomic mass is 9.57. The van der Waals surface area contributed by atoms with Crippen molar-refractivity contribution in [2.75, 3.05) is 5.75 Å². The third-order valence-corrected chi connectivity index (χ3v) is 12.9. The van der Waals surface area contributed by atoms with Crippen LogP contribution in [0.15, 0.2) is 12.7 Å². The first-order chi connectivity index (χ1) is 16.4. The number of thioether (sulfide) groups is 1. The highest BCUT2D eigenvalue weighted by Gasteiger charge is 2.92. The van der Waals surface area contributed by atoms with Gasteiger partial charge < -0.3 is 20.7 Å². The molecule has 196 valence electrons. The van der Waals surface area contributed by atoms with Crippen molar-refractivity contribution in [1.29, 1.82) is 0 Å². The quantitative estimate of drug-likeness (QED) is 0.388. The number of aliphatic hydroxyl groups excluding tert-OH is 2. The largest absolute Gasteiger partial charge is 0.461 e. The zero-order valence-electron chi connectivity index (χ0n) is 21.7. The minimum atomic E-state index is -0.648. The number of aliphatic hydroxyl groups is 2. The second kappa shape index (κ2) is 8.31. The van der Waals surface area contributed by atoms with Gasteiger partial charge in [0.2, 0.25) is 0 Å². The standard InChI is InChI=1S/C28H43NO5S/c1-6-25(4)13-21(34-22(32)14-35-19-8-7-17(29)11-18(19)30)26(5)15(2)12-28-20(31)9-10-27(28,24(26)28)16(3)23(25)33/h6,15-19,21,23-24,30,33H,1,7-14,29H2,2-5H3. The topological polar surface area (TPSA) is 110 Å². The van der Waals surface area contributed by atoms with Crippen LogP contribution >= 0.6 is 11.8 Å². The van der Waals surface area contributed by atoms with Crippen LogP contribution in [-0.4, -0.2) is 57.3 Å². The van der Waals surface area contributed by atoms with Gasteiger partial charge in [-0.3, -0.25) is 9.59 Å². The van der Waals surface area contributed by atoms with E-state index in [0.29, 0.717) is 25.0 Å². The summed E-state index contributed by atoms with van der Waals surface area (Å²) in [6, 6.07) is 0.0262. The van der Waals surface area contributed by atoms with E-state index in [1.54, 1.807) is 0 Å². The van der Waals surface area contributed by atoms with E-state index >= 15 is 0 Å². The number of esters is 1. The van der Waals surface area contributed by atoms with Crippen molar-refractivity contribution >= 4 is 23.5 Å². The molecule has 0 bridgehead atoms. The molecule has 0 aromatic carbocycles. The molecule has 0 aliphatic heterocycles. The Labute approximate surface area is 213 Å². The maximum atomic E-state index is 13.4. The monoisotopic (exact) mass is 505 g/mol. The summed E-state index contributed by atoms with van der Waals surface area (Å²) in [4.78, 5) is 26.6. The average Bonchev–Trinajstić information content (AvgIpc) is 3.18. The number of nitrogens with two attached hydrogens (primary N) is 1. The van der Waals surface area contributed by atoms with E-state index in [2.05, 4.69) is 27.4 Å². The molecule has 12 atom stereocenters. The molecule has 5 rings (SSSR count). The molecular weight excluding hydrogens is 462 g/mol. The van der Waals surface area contributed by atoms with Gasteiger partial charge in [-0.2, -0.15) is 0 Å². The fourth-order valence-electron chi connectivity index (χ4n) is 9.53. The molecule has 4 N–H and O–H groups in total. The van der Waals surface area contributed by atoms with Gasteiger partial charge in [-0.25, -0.2) is 0 Å². The zero-order valence-corrected chi connectivity index (χ0v) is 22.5. The van der Waals surface area contributed by atoms with E-state index in [1.165, 1.54) is 11.8 Å². The van der Waals surface area contributed by atoms with Crippen molar-refractivity contribution in [3.8, 4) is 0 Å². The van der Waals surface area contributed by atoms with Crippen molar-refractivity contribution in [1.82, 2.24) is 0 Å². The van der Waals surface area contributed by atoms with E-state index in [9.17, 15) is 19.8 Å². The summed E-state index contributed by atoms with van der Waals surface area (Å²) in [6.45, 7) is 12.7. The minimum absolute atomic E-state index is 0.00580. The van der Waals surface area contributed by atoms with E-state index in [4.69, 9.17) is 10.5 Å². The highest BCUT2D eigenvalue weighted by atomic mass is 32.2. The Kier molecular flexibility index (Phi) is 6.11. The Morgan fingerprint density at radius 1 is 1.26 bits per heavy atom. The van der Waals surface area contributed by atoms with Gasteiger partial charge in [-0.15, -0.1) is 18.3 Å². The lowest BCUT2D eigenvalue weighted by Gasteiger charge is -2.51. The maximum Gasteiger partial charge on any atom is 0.316 e. The number of hydrogen-bond donors (Lipinski definition) is 3. The number of ether oxygens (including phenoxy) is 1. The molecule has 0 amide bonds. The molecule has 5 fully saturated rings. The van der Waals surface area contributed by atoms with Crippen LogP contribution in [0.4, 0.5) is 0 Å². The molecule has 35 heavy (non-hydrogen) atoms. The lowest BCUT2D eigenvalue weighted by Crippen LogP contribution is -2.53. The van der Waals surface area contributed by atoms with Crippen molar-refractivity contribution in [2.24, 2.45) is 45.1 Å². The molecule has 12 unspecified atom stereocenters. The van der Waals surface area contributed by atoms with Crippen molar-refractivity contribution in [2.45, 2.75) is 102 Å². The molecule has 5 aliphatic carbocycles. The smallest absolute Gasteiger partial charge is 0.316 e. The predicted molar refractivity (Wildman–Crippen MR) is 137 cm³/mol. The molecule has 5 saturated carbocycles. The van der Waals surface area contributed by atoms with Crippen molar-refractivity contribution < 1.29 is 24.5 Å². The van der Waals surface area contributed by atoms with Crippen molar-refractivity contribution in [3.05, 3.63) is 12.7 Å². The summed E-state index contributed by atoms with van der Waals surface area (Å²) < 4.78 is 6.31. The highest BCUT2D eigenvalue weighted by Crippen LogP contribution is 2.91. The highest BCUT2D eigenvalue weighted by molar-refractivity contribution is 8.00. The Hall–Kier alpha value is -0.890. The Balaban J connectivity index is 1.42. The summed E-state index contributed by atoms with van der Waals surface area (Å²) in [7, 11) is 0. The molecule has 2 spiro atoms. The molecular formula is C28H43NO5S. The Morgan fingerprint density at radius 3 is 2.63 bits per heavy atom. The molecule has 0 heterocycles. The normalized spacial score (nSPS) is 54.9. The van der Waals surface area contributed by atoms with Crippen LogP contribution in [0.3, 0.4) is 0 Å². The van der Waals surface area contributed by atoms with Gasteiger partial charge in [0.1, 0.15) is 11.9 Å². The summed E-state index contributed by atoms with van der Waals surface area (Å²) >= 11 is 1.46. The second-order valence-electron chi connectivity index (χ2n) is 13.0. The first kappa shape index (κ1) is 25.7. The SMILES string of the molecule is C=CC1(C)CC(OC(=O)CSC2CCC(N)CC2O)C2(C)C(C)CC34C(=O)CCC3(C(C)C1O)C24. The summed E-state index contributed by atoms with van der Waals surface area (Å²) in [6.07, 6.45) is 5.24. The van der Waals surface area contributed by atoms with Gasteiger partial charge in [0.25, 0.3) is 0 Å². The van der Waals surface area contributed by atoms with Crippen LogP contribution in [0.1, 0.15) is 72.6 Å². The Bertz CT molecular complexity index is 927. The second-order valence-corrected chi connectivity index (χ2v) is 14.2. The number of rotatable bonds is 5. The fourth-order valence-corrected chi connectivity index (χ4v) is 10.6. The van der Waals surface area contributed by atoms with E-state index < -0.39 is 23.7 Å². The lowest BCUT2D eigenvalue weighted by molar-refractivity contribution is -0.168. The van der Waals surface area contributed by atoms with Gasteiger partial charge in [0.05, 0.1) is 18.0 Å². The third kappa shape index (κ3) is 3.26. The van der Waals surface area contributed by atoms with Crippen LogP contribution < -0.4 is 5.73 Å². The summed E-state index contributed by atoms with van der Waals surface area (Å²) in [5.41, 5.74) is 4.43. The van der Waals surface area contributed by atoms with Crippen LogP contribution in [0, 0.1) is 39.4 Å². The fraction of sp³-hybridized carbons (Fsp3) is 0.857. The number of ketones is 1. The number of Topliss-reactive ketones (excluding diaryl/α,β-unsaturated/α-hetero) is 1. The van der Waals surface area contributed by atoms with Crippen LogP contribution in [-0.2, 0) is 14.3 Å². The van der Waals surface area contributed by atoms with Gasteiger partial charge in [0.15, 0.2) is 0 Å². The molecule has 6 nitrogen and oxygen atoms in total. The van der Waals surface area contributed by atoms with Crippen LogP contribution in [0.5, 0.6) is 0 Å². The first-order valence-electron chi connectivity index (χ1n) is 13.5. The van der Waals surface area contributed by atoms with Crippen LogP contribution in [0.2, 0.25) is 0 Å². The predicted octanol–water partition coefficient (Wildman–Crippen LogP) is 3.48. The molecule has 7 heteroatoms.